The van der Waals surface area contributed by atoms with E-state index in [9.17, 15) is 10.2 Å². The van der Waals surface area contributed by atoms with Crippen molar-refractivity contribution in [3.8, 4) is 0 Å². The van der Waals surface area contributed by atoms with Crippen LogP contribution >= 0.6 is 0 Å². The second-order valence-electron chi connectivity index (χ2n) is 14.1. The largest absolute Gasteiger partial charge is 0.395 e. The first kappa shape index (κ1) is 42.9. The van der Waals surface area contributed by atoms with Gasteiger partial charge in [-0.05, 0) is 19.4 Å². The van der Waals surface area contributed by atoms with Crippen LogP contribution in [0.15, 0.2) is 0 Å². The van der Waals surface area contributed by atoms with Crippen molar-refractivity contribution in [2.24, 2.45) is 0 Å². The molecule has 0 bridgehead atoms. The smallest absolute Gasteiger partial charge is 0.0715 e. The Morgan fingerprint density at radius 3 is 0.907 bits per heavy atom. The van der Waals surface area contributed by atoms with E-state index < -0.39 is 6.10 Å². The van der Waals surface area contributed by atoms with Gasteiger partial charge in [0.25, 0.3) is 0 Å². The minimum Gasteiger partial charge on any atom is -0.395 e. The lowest BCUT2D eigenvalue weighted by Gasteiger charge is -2.22. The average molecular weight is 610 g/mol. The van der Waals surface area contributed by atoms with Gasteiger partial charge in [0.15, 0.2) is 0 Å². The van der Waals surface area contributed by atoms with E-state index in [0.29, 0.717) is 0 Å². The van der Waals surface area contributed by atoms with E-state index in [1.54, 1.807) is 0 Å². The second kappa shape index (κ2) is 38.1. The van der Waals surface area contributed by atoms with E-state index in [1.165, 1.54) is 199 Å². The van der Waals surface area contributed by atoms with Crippen LogP contribution in [0.5, 0.6) is 0 Å². The second-order valence-corrected chi connectivity index (χ2v) is 14.1. The minimum atomic E-state index is -0.414. The Kier molecular flexibility index (Phi) is 38.0. The Morgan fingerprint density at radius 2 is 0.628 bits per heavy atom. The molecule has 0 spiro atoms. The maximum Gasteiger partial charge on any atom is 0.0715 e. The van der Waals surface area contributed by atoms with Crippen LogP contribution in [0.25, 0.3) is 0 Å². The summed E-state index contributed by atoms with van der Waals surface area (Å²) >= 11 is 0. The van der Waals surface area contributed by atoms with Crippen LogP contribution in [0.3, 0.4) is 0 Å². The summed E-state index contributed by atoms with van der Waals surface area (Å²) in [7, 11) is 0. The molecule has 3 nitrogen and oxygen atoms in total. The SMILES string of the molecule is CCCCCCCCCCCCCCCCCCCCCCNC(CO)C(O)CCCCCCCCCCCCCCC. The highest BCUT2D eigenvalue weighted by atomic mass is 16.3. The molecular formula is C40H83NO2. The Balaban J connectivity index is 3.35. The zero-order valence-corrected chi connectivity index (χ0v) is 30.0. The van der Waals surface area contributed by atoms with E-state index >= 15 is 0 Å². The van der Waals surface area contributed by atoms with Crippen molar-refractivity contribution in [1.82, 2.24) is 5.32 Å². The summed E-state index contributed by atoms with van der Waals surface area (Å²) in [6.45, 7) is 5.54. The lowest BCUT2D eigenvalue weighted by molar-refractivity contribution is 0.0810. The Labute approximate surface area is 272 Å². The van der Waals surface area contributed by atoms with Crippen LogP contribution in [0, 0.1) is 0 Å². The highest BCUT2D eigenvalue weighted by Crippen LogP contribution is 2.16. The predicted molar refractivity (Wildman–Crippen MR) is 193 cm³/mol. The molecular weight excluding hydrogens is 526 g/mol. The van der Waals surface area contributed by atoms with Gasteiger partial charge in [0.1, 0.15) is 0 Å². The van der Waals surface area contributed by atoms with Crippen LogP contribution in [0.1, 0.15) is 232 Å². The molecule has 260 valence electrons. The molecule has 0 saturated heterocycles. The van der Waals surface area contributed by atoms with E-state index in [1.807, 2.05) is 0 Å². The summed E-state index contributed by atoms with van der Waals surface area (Å²) in [6.07, 6.45) is 46.1. The van der Waals surface area contributed by atoms with Crippen molar-refractivity contribution in [2.45, 2.75) is 244 Å². The molecule has 0 aliphatic carbocycles. The van der Waals surface area contributed by atoms with Crippen molar-refractivity contribution in [2.75, 3.05) is 13.2 Å². The molecule has 0 fully saturated rings. The number of nitrogens with one attached hydrogen (secondary N) is 1. The predicted octanol–water partition coefficient (Wildman–Crippen LogP) is 12.6. The monoisotopic (exact) mass is 610 g/mol. The quantitative estimate of drug-likeness (QED) is 0.0610. The van der Waals surface area contributed by atoms with Crippen LogP contribution in [0.2, 0.25) is 0 Å². The number of hydrogen-bond donors (Lipinski definition) is 3. The molecule has 2 unspecified atom stereocenters. The molecule has 0 aromatic carbocycles. The summed E-state index contributed by atoms with van der Waals surface area (Å²) in [5.41, 5.74) is 0. The summed E-state index contributed by atoms with van der Waals surface area (Å²) in [4.78, 5) is 0. The van der Waals surface area contributed by atoms with Crippen LogP contribution < -0.4 is 5.32 Å². The van der Waals surface area contributed by atoms with Gasteiger partial charge in [0, 0.05) is 0 Å². The van der Waals surface area contributed by atoms with Gasteiger partial charge >= 0.3 is 0 Å². The third-order valence-electron chi connectivity index (χ3n) is 9.70. The summed E-state index contributed by atoms with van der Waals surface area (Å²) in [6, 6.07) is -0.155. The summed E-state index contributed by atoms with van der Waals surface area (Å²) in [5, 5.41) is 23.7. The summed E-state index contributed by atoms with van der Waals surface area (Å²) < 4.78 is 0. The Morgan fingerprint density at radius 1 is 0.372 bits per heavy atom. The fourth-order valence-corrected chi connectivity index (χ4v) is 6.56. The molecule has 0 aromatic heterocycles. The molecule has 0 aromatic rings. The van der Waals surface area contributed by atoms with Crippen LogP contribution in [-0.4, -0.2) is 35.5 Å². The lowest BCUT2D eigenvalue weighted by Crippen LogP contribution is -2.43. The zero-order valence-electron chi connectivity index (χ0n) is 30.0. The Hall–Kier alpha value is -0.120. The van der Waals surface area contributed by atoms with E-state index in [0.717, 1.165) is 25.8 Å². The number of aliphatic hydroxyl groups is 2. The number of rotatable bonds is 38. The molecule has 0 amide bonds. The number of unbranched alkanes of at least 4 members (excludes halogenated alkanes) is 31. The molecule has 3 N–H and O–H groups in total. The first-order chi connectivity index (χ1) is 21.3. The first-order valence-electron chi connectivity index (χ1n) is 20.3. The first-order valence-corrected chi connectivity index (χ1v) is 20.3. The van der Waals surface area contributed by atoms with Gasteiger partial charge in [-0.1, -0.05) is 219 Å². The summed E-state index contributed by atoms with van der Waals surface area (Å²) in [5.74, 6) is 0. The lowest BCUT2D eigenvalue weighted by atomic mass is 10.0. The van der Waals surface area contributed by atoms with E-state index in [-0.39, 0.29) is 12.6 Å². The highest BCUT2D eigenvalue weighted by molar-refractivity contribution is 4.75. The average Bonchev–Trinajstić information content (AvgIpc) is 3.02. The van der Waals surface area contributed by atoms with Crippen LogP contribution in [-0.2, 0) is 0 Å². The maximum absolute atomic E-state index is 10.5. The minimum absolute atomic E-state index is 0.0405. The highest BCUT2D eigenvalue weighted by Gasteiger charge is 2.17. The topological polar surface area (TPSA) is 52.5 Å². The normalized spacial score (nSPS) is 13.1. The van der Waals surface area contributed by atoms with Crippen molar-refractivity contribution in [1.29, 1.82) is 0 Å². The maximum atomic E-state index is 10.5. The molecule has 0 rings (SSSR count). The van der Waals surface area contributed by atoms with Gasteiger partial charge in [-0.2, -0.15) is 0 Å². The Bertz CT molecular complexity index is 485. The van der Waals surface area contributed by atoms with Crippen LogP contribution in [0.4, 0.5) is 0 Å². The number of aliphatic hydroxyl groups excluding tert-OH is 2. The molecule has 43 heavy (non-hydrogen) atoms. The van der Waals surface area contributed by atoms with Gasteiger partial charge in [0.05, 0.1) is 18.8 Å². The van der Waals surface area contributed by atoms with Gasteiger partial charge < -0.3 is 15.5 Å². The van der Waals surface area contributed by atoms with Crippen molar-refractivity contribution in [3.63, 3.8) is 0 Å². The standard InChI is InChI=1S/C40H83NO2/c1-3-5-7-9-11-13-15-17-18-19-20-21-22-23-25-27-29-31-33-35-37-41-39(38-42)40(43)36-34-32-30-28-26-24-16-14-12-10-8-6-4-2/h39-43H,3-38H2,1-2H3. The number of hydrogen-bond acceptors (Lipinski definition) is 3. The van der Waals surface area contributed by atoms with E-state index in [4.69, 9.17) is 0 Å². The molecule has 0 heterocycles. The third-order valence-corrected chi connectivity index (χ3v) is 9.70. The van der Waals surface area contributed by atoms with Gasteiger partial charge in [-0.15, -0.1) is 0 Å². The van der Waals surface area contributed by atoms with Gasteiger partial charge in [0.2, 0.25) is 0 Å². The zero-order chi connectivity index (χ0) is 31.3. The van der Waals surface area contributed by atoms with Gasteiger partial charge in [-0.25, -0.2) is 0 Å². The fourth-order valence-electron chi connectivity index (χ4n) is 6.56. The molecule has 0 aliphatic rings. The van der Waals surface area contributed by atoms with Crippen molar-refractivity contribution < 1.29 is 10.2 Å². The van der Waals surface area contributed by atoms with E-state index in [2.05, 4.69) is 19.2 Å². The van der Waals surface area contributed by atoms with Crippen molar-refractivity contribution in [3.05, 3.63) is 0 Å². The molecule has 0 aliphatic heterocycles. The molecule has 3 heteroatoms. The third kappa shape index (κ3) is 34.6. The molecule has 0 saturated carbocycles. The van der Waals surface area contributed by atoms with Gasteiger partial charge in [-0.3, -0.25) is 0 Å². The molecule has 2 atom stereocenters. The van der Waals surface area contributed by atoms with Crippen molar-refractivity contribution >= 4 is 0 Å². The fraction of sp³-hybridized carbons (Fsp3) is 1.00. The molecule has 0 radical (unpaired) electrons.